The zero-order valence-corrected chi connectivity index (χ0v) is 13.1. The van der Waals surface area contributed by atoms with Gasteiger partial charge in [-0.2, -0.15) is 0 Å². The van der Waals surface area contributed by atoms with Gasteiger partial charge in [-0.15, -0.1) is 0 Å². The minimum Gasteiger partial charge on any atom is -0.339 e. The minimum absolute atomic E-state index is 0.0683. The molecule has 0 aliphatic carbocycles. The Morgan fingerprint density at radius 1 is 1.37 bits per heavy atom. The van der Waals surface area contributed by atoms with Crippen molar-refractivity contribution in [2.75, 3.05) is 11.9 Å². The number of halogens is 2. The van der Waals surface area contributed by atoms with Gasteiger partial charge < -0.3 is 4.90 Å². The van der Waals surface area contributed by atoms with E-state index in [2.05, 4.69) is 29.8 Å². The fourth-order valence-electron chi connectivity index (χ4n) is 2.25. The van der Waals surface area contributed by atoms with Gasteiger partial charge in [0.05, 0.1) is 6.42 Å². The van der Waals surface area contributed by atoms with Gasteiger partial charge >= 0.3 is 0 Å². The number of hydrogen-bond donors (Lipinski definition) is 0. The molecular weight excluding hydrogens is 309 g/mol. The lowest BCUT2D eigenvalue weighted by Gasteiger charge is -2.30. The monoisotopic (exact) mass is 329 g/mol. The SMILES string of the molecule is CCC(CC)N(CCBr)C(=O)Cc1cccc(F)c1. The Hall–Kier alpha value is -0.900. The summed E-state index contributed by atoms with van der Waals surface area (Å²) in [6, 6.07) is 6.52. The quantitative estimate of drug-likeness (QED) is 0.697. The van der Waals surface area contributed by atoms with Crippen molar-refractivity contribution in [2.24, 2.45) is 0 Å². The van der Waals surface area contributed by atoms with Gasteiger partial charge in [0, 0.05) is 17.9 Å². The van der Waals surface area contributed by atoms with Crippen LogP contribution in [0.4, 0.5) is 4.39 Å². The normalized spacial score (nSPS) is 10.8. The molecule has 0 saturated carbocycles. The summed E-state index contributed by atoms with van der Waals surface area (Å²) in [4.78, 5) is 14.3. The van der Waals surface area contributed by atoms with Gasteiger partial charge in [0.2, 0.25) is 5.91 Å². The number of rotatable bonds is 7. The molecule has 0 fully saturated rings. The molecule has 0 radical (unpaired) electrons. The van der Waals surface area contributed by atoms with Crippen LogP contribution in [0.5, 0.6) is 0 Å². The Bertz CT molecular complexity index is 407. The van der Waals surface area contributed by atoms with E-state index in [4.69, 9.17) is 0 Å². The molecule has 106 valence electrons. The van der Waals surface area contributed by atoms with Crippen LogP contribution < -0.4 is 0 Å². The summed E-state index contributed by atoms with van der Waals surface area (Å²) >= 11 is 3.39. The average molecular weight is 330 g/mol. The van der Waals surface area contributed by atoms with Gasteiger partial charge in [0.25, 0.3) is 0 Å². The van der Waals surface area contributed by atoms with Crippen molar-refractivity contribution in [1.29, 1.82) is 0 Å². The van der Waals surface area contributed by atoms with Crippen molar-refractivity contribution in [3.63, 3.8) is 0 Å². The molecule has 0 aliphatic heterocycles. The predicted octanol–water partition coefficient (Wildman–Crippen LogP) is 3.78. The second-order valence-electron chi connectivity index (χ2n) is 4.55. The Labute approximate surface area is 123 Å². The van der Waals surface area contributed by atoms with Crippen LogP contribution in [0.3, 0.4) is 0 Å². The Morgan fingerprint density at radius 3 is 2.58 bits per heavy atom. The van der Waals surface area contributed by atoms with Gasteiger partial charge in [0.1, 0.15) is 5.82 Å². The Morgan fingerprint density at radius 2 is 2.05 bits per heavy atom. The van der Waals surface area contributed by atoms with Crippen molar-refractivity contribution in [3.8, 4) is 0 Å². The van der Waals surface area contributed by atoms with Crippen molar-refractivity contribution >= 4 is 21.8 Å². The number of nitrogens with zero attached hydrogens (tertiary/aromatic N) is 1. The van der Waals surface area contributed by atoms with Crippen LogP contribution in [0.2, 0.25) is 0 Å². The predicted molar refractivity (Wildman–Crippen MR) is 80.0 cm³/mol. The number of amides is 1. The molecule has 0 bridgehead atoms. The summed E-state index contributed by atoms with van der Waals surface area (Å²) in [6.07, 6.45) is 2.15. The molecule has 1 amide bonds. The highest BCUT2D eigenvalue weighted by Crippen LogP contribution is 2.13. The summed E-state index contributed by atoms with van der Waals surface area (Å²) in [5.41, 5.74) is 0.732. The smallest absolute Gasteiger partial charge is 0.227 e. The molecule has 0 spiro atoms. The van der Waals surface area contributed by atoms with Gasteiger partial charge in [0.15, 0.2) is 0 Å². The van der Waals surface area contributed by atoms with E-state index in [9.17, 15) is 9.18 Å². The number of carbonyl (C=O) groups is 1. The molecule has 0 aliphatic rings. The maximum absolute atomic E-state index is 13.1. The highest BCUT2D eigenvalue weighted by atomic mass is 79.9. The maximum atomic E-state index is 13.1. The van der Waals surface area contributed by atoms with Crippen LogP contribution in [0.1, 0.15) is 32.3 Å². The van der Waals surface area contributed by atoms with Crippen molar-refractivity contribution in [3.05, 3.63) is 35.6 Å². The molecule has 4 heteroatoms. The first-order valence-electron chi connectivity index (χ1n) is 6.72. The van der Waals surface area contributed by atoms with E-state index in [1.165, 1.54) is 12.1 Å². The van der Waals surface area contributed by atoms with E-state index in [-0.39, 0.29) is 24.2 Å². The molecule has 1 aromatic carbocycles. The van der Waals surface area contributed by atoms with Crippen LogP contribution in [0, 0.1) is 5.82 Å². The molecule has 1 rings (SSSR count). The molecule has 0 atom stereocenters. The lowest BCUT2D eigenvalue weighted by molar-refractivity contribution is -0.132. The van der Waals surface area contributed by atoms with E-state index in [0.29, 0.717) is 6.54 Å². The summed E-state index contributed by atoms with van der Waals surface area (Å²) in [5.74, 6) is -0.223. The zero-order chi connectivity index (χ0) is 14.3. The standard InChI is InChI=1S/C15H21BrFNO/c1-3-14(4-2)18(9-8-16)15(19)11-12-6-5-7-13(17)10-12/h5-7,10,14H,3-4,8-9,11H2,1-2H3. The summed E-state index contributed by atoms with van der Waals surface area (Å²) < 4.78 is 13.1. The topological polar surface area (TPSA) is 20.3 Å². The van der Waals surface area contributed by atoms with Crippen LogP contribution in [-0.2, 0) is 11.2 Å². The molecule has 2 nitrogen and oxygen atoms in total. The lowest BCUT2D eigenvalue weighted by atomic mass is 10.1. The first kappa shape index (κ1) is 16.2. The number of alkyl halides is 1. The highest BCUT2D eigenvalue weighted by Gasteiger charge is 2.20. The van der Waals surface area contributed by atoms with E-state index < -0.39 is 0 Å². The molecule has 0 N–H and O–H groups in total. The highest BCUT2D eigenvalue weighted by molar-refractivity contribution is 9.09. The average Bonchev–Trinajstić information content (AvgIpc) is 2.39. The third-order valence-electron chi connectivity index (χ3n) is 3.27. The lowest BCUT2D eigenvalue weighted by Crippen LogP contribution is -2.41. The summed E-state index contributed by atoms with van der Waals surface area (Å²) in [6.45, 7) is 4.87. The zero-order valence-electron chi connectivity index (χ0n) is 11.5. The van der Waals surface area contributed by atoms with Crippen molar-refractivity contribution in [2.45, 2.75) is 39.2 Å². The van der Waals surface area contributed by atoms with Gasteiger partial charge in [-0.3, -0.25) is 4.79 Å². The van der Waals surface area contributed by atoms with Crippen LogP contribution in [0.25, 0.3) is 0 Å². The van der Waals surface area contributed by atoms with Gasteiger partial charge in [-0.1, -0.05) is 41.9 Å². The maximum Gasteiger partial charge on any atom is 0.227 e. The Balaban J connectivity index is 2.76. The molecule has 0 unspecified atom stereocenters. The Kier molecular flexibility index (Phi) is 7.06. The van der Waals surface area contributed by atoms with Gasteiger partial charge in [-0.25, -0.2) is 4.39 Å². The fraction of sp³-hybridized carbons (Fsp3) is 0.533. The second kappa shape index (κ2) is 8.31. The third kappa shape index (κ3) is 4.94. The van der Waals surface area contributed by atoms with Gasteiger partial charge in [-0.05, 0) is 30.5 Å². The number of hydrogen-bond acceptors (Lipinski definition) is 1. The van der Waals surface area contributed by atoms with E-state index in [1.807, 2.05) is 4.90 Å². The molecule has 0 aromatic heterocycles. The third-order valence-corrected chi connectivity index (χ3v) is 3.63. The van der Waals surface area contributed by atoms with Crippen LogP contribution >= 0.6 is 15.9 Å². The second-order valence-corrected chi connectivity index (χ2v) is 5.35. The largest absolute Gasteiger partial charge is 0.339 e. The van der Waals surface area contributed by atoms with Crippen LogP contribution in [-0.4, -0.2) is 28.7 Å². The molecular formula is C15H21BrFNO. The first-order valence-corrected chi connectivity index (χ1v) is 7.84. The molecule has 0 saturated heterocycles. The first-order chi connectivity index (χ1) is 9.12. The van der Waals surface area contributed by atoms with Crippen molar-refractivity contribution < 1.29 is 9.18 Å². The summed E-state index contributed by atoms with van der Waals surface area (Å²) in [7, 11) is 0. The number of benzene rings is 1. The molecule has 19 heavy (non-hydrogen) atoms. The fourth-order valence-corrected chi connectivity index (χ4v) is 2.64. The molecule has 1 aromatic rings. The molecule has 0 heterocycles. The van der Waals surface area contributed by atoms with Crippen molar-refractivity contribution in [1.82, 2.24) is 4.90 Å². The number of carbonyl (C=O) groups excluding carboxylic acids is 1. The van der Waals surface area contributed by atoms with E-state index in [1.54, 1.807) is 12.1 Å². The summed E-state index contributed by atoms with van der Waals surface area (Å²) in [5, 5.41) is 0.762. The minimum atomic E-state index is -0.292. The van der Waals surface area contributed by atoms with E-state index >= 15 is 0 Å². The van der Waals surface area contributed by atoms with E-state index in [0.717, 1.165) is 23.7 Å². The van der Waals surface area contributed by atoms with Crippen LogP contribution in [0.15, 0.2) is 24.3 Å².